The first-order chi connectivity index (χ1) is 16.5. The third-order valence-electron chi connectivity index (χ3n) is 5.79. The van der Waals surface area contributed by atoms with E-state index in [1.807, 2.05) is 67.8 Å². The van der Waals surface area contributed by atoms with E-state index in [-0.39, 0.29) is 18.1 Å². The highest BCUT2D eigenvalue weighted by molar-refractivity contribution is 7.10. The Kier molecular flexibility index (Phi) is 5.93. The van der Waals surface area contributed by atoms with Gasteiger partial charge in [-0.25, -0.2) is 4.79 Å². The molecule has 3 aromatic heterocycles. The van der Waals surface area contributed by atoms with Crippen molar-refractivity contribution in [3.63, 3.8) is 0 Å². The summed E-state index contributed by atoms with van der Waals surface area (Å²) in [5.74, 6) is -0.509. The molecule has 3 heterocycles. The molecule has 0 bridgehead atoms. The van der Waals surface area contributed by atoms with Crippen LogP contribution in [0.2, 0.25) is 0 Å². The van der Waals surface area contributed by atoms with Gasteiger partial charge in [0.15, 0.2) is 18.1 Å². The number of carbonyl (C=O) groups is 2. The minimum Gasteiger partial charge on any atom is -0.453 e. The molecule has 0 atom stereocenters. The first-order valence-corrected chi connectivity index (χ1v) is 11.9. The summed E-state index contributed by atoms with van der Waals surface area (Å²) in [5.41, 5.74) is 3.44. The van der Waals surface area contributed by atoms with Crippen molar-refractivity contribution in [2.75, 3.05) is 6.61 Å². The molecule has 1 saturated carbocycles. The molecule has 5 rings (SSSR count). The molecule has 172 valence electrons. The van der Waals surface area contributed by atoms with Gasteiger partial charge in [0, 0.05) is 33.4 Å². The second-order valence-corrected chi connectivity index (χ2v) is 9.19. The quantitative estimate of drug-likeness (QED) is 0.211. The summed E-state index contributed by atoms with van der Waals surface area (Å²) in [7, 11) is 0. The molecule has 9 heteroatoms. The average Bonchev–Trinajstić information content (AvgIpc) is 3.23. The molecule has 4 aromatic rings. The van der Waals surface area contributed by atoms with Crippen molar-refractivity contribution in [1.82, 2.24) is 24.8 Å². The van der Waals surface area contributed by atoms with E-state index in [9.17, 15) is 9.59 Å². The van der Waals surface area contributed by atoms with Crippen molar-refractivity contribution in [2.45, 2.75) is 32.7 Å². The Hall–Kier alpha value is -3.85. The molecule has 34 heavy (non-hydrogen) atoms. The molecule has 0 N–H and O–H groups in total. The minimum absolute atomic E-state index is 0.127. The number of benzene rings is 1. The van der Waals surface area contributed by atoms with E-state index in [0.29, 0.717) is 17.4 Å². The lowest BCUT2D eigenvalue weighted by atomic mass is 10.1. The molecule has 1 aromatic carbocycles. The molecule has 1 aliphatic rings. The number of thiophene rings is 1. The van der Waals surface area contributed by atoms with Gasteiger partial charge < -0.3 is 9.30 Å². The fourth-order valence-electron chi connectivity index (χ4n) is 4.07. The van der Waals surface area contributed by atoms with Crippen LogP contribution in [0.25, 0.3) is 23.2 Å². The van der Waals surface area contributed by atoms with Crippen LogP contribution in [-0.4, -0.2) is 43.1 Å². The van der Waals surface area contributed by atoms with Gasteiger partial charge in [-0.15, -0.1) is 16.4 Å². The Morgan fingerprint density at radius 1 is 1.15 bits per heavy atom. The highest BCUT2D eigenvalue weighted by atomic mass is 32.1. The molecule has 0 amide bonds. The average molecular weight is 474 g/mol. The lowest BCUT2D eigenvalue weighted by Gasteiger charge is -2.10. The normalized spacial score (nSPS) is 13.8. The number of rotatable bonds is 8. The highest BCUT2D eigenvalue weighted by Crippen LogP contribution is 2.38. The minimum atomic E-state index is -0.678. The van der Waals surface area contributed by atoms with Gasteiger partial charge in [-0.2, -0.15) is 4.68 Å². The SMILES string of the molecule is Cc1cc(C(=O)COC(=O)/C(=C/c2cccs2)n2nnnc2-c2ccccc2)c(C)n1C1CC1. The number of hydrogen-bond acceptors (Lipinski definition) is 7. The summed E-state index contributed by atoms with van der Waals surface area (Å²) in [6.45, 7) is 3.58. The van der Waals surface area contributed by atoms with Crippen LogP contribution >= 0.6 is 11.3 Å². The Bertz CT molecular complexity index is 1360. The summed E-state index contributed by atoms with van der Waals surface area (Å²) in [5, 5.41) is 13.8. The Morgan fingerprint density at radius 2 is 1.94 bits per heavy atom. The van der Waals surface area contributed by atoms with Gasteiger partial charge >= 0.3 is 5.97 Å². The van der Waals surface area contributed by atoms with Gasteiger partial charge in [0.1, 0.15) is 0 Å². The van der Waals surface area contributed by atoms with Crippen LogP contribution in [0.1, 0.15) is 45.5 Å². The van der Waals surface area contributed by atoms with E-state index in [2.05, 4.69) is 20.1 Å². The topological polar surface area (TPSA) is 91.9 Å². The Labute approximate surface area is 200 Å². The lowest BCUT2D eigenvalue weighted by molar-refractivity contribution is -0.136. The van der Waals surface area contributed by atoms with Crippen molar-refractivity contribution in [1.29, 1.82) is 0 Å². The molecule has 1 fully saturated rings. The zero-order valence-electron chi connectivity index (χ0n) is 18.8. The first kappa shape index (κ1) is 22.0. The van der Waals surface area contributed by atoms with E-state index >= 15 is 0 Å². The molecule has 0 saturated heterocycles. The van der Waals surface area contributed by atoms with Crippen LogP contribution in [0.4, 0.5) is 0 Å². The molecular weight excluding hydrogens is 450 g/mol. The lowest BCUT2D eigenvalue weighted by Crippen LogP contribution is -2.19. The number of carbonyl (C=O) groups excluding carboxylic acids is 2. The maximum absolute atomic E-state index is 13.2. The maximum atomic E-state index is 13.2. The number of tetrazole rings is 1. The second-order valence-electron chi connectivity index (χ2n) is 8.21. The summed E-state index contributed by atoms with van der Waals surface area (Å²) < 4.78 is 9.03. The standard InChI is InChI=1S/C25H23N5O3S/c1-16-13-21(17(2)29(16)19-10-11-19)23(31)15-33-25(32)22(14-20-9-6-12-34-20)30-24(26-27-28-30)18-7-4-3-5-8-18/h3-9,12-14,19H,10-11,15H2,1-2H3/b22-14-. The summed E-state index contributed by atoms with van der Waals surface area (Å²) in [6, 6.07) is 15.4. The van der Waals surface area contributed by atoms with E-state index < -0.39 is 5.97 Å². The molecule has 0 radical (unpaired) electrons. The van der Waals surface area contributed by atoms with Crippen LogP contribution in [0, 0.1) is 13.8 Å². The van der Waals surface area contributed by atoms with Crippen LogP contribution in [-0.2, 0) is 9.53 Å². The number of nitrogens with zero attached hydrogens (tertiary/aromatic N) is 5. The molecular formula is C25H23N5O3S. The second kappa shape index (κ2) is 9.18. The van der Waals surface area contributed by atoms with Crippen molar-refractivity contribution in [3.05, 3.63) is 75.7 Å². The predicted octanol–water partition coefficient (Wildman–Crippen LogP) is 4.58. The van der Waals surface area contributed by atoms with E-state index in [1.54, 1.807) is 6.08 Å². The molecule has 0 unspecified atom stereocenters. The van der Waals surface area contributed by atoms with Crippen LogP contribution in [0.15, 0.2) is 53.9 Å². The number of hydrogen-bond donors (Lipinski definition) is 0. The van der Waals surface area contributed by atoms with Crippen molar-refractivity contribution >= 4 is 34.9 Å². The van der Waals surface area contributed by atoms with Gasteiger partial charge in [0.2, 0.25) is 5.78 Å². The maximum Gasteiger partial charge on any atom is 0.357 e. The third-order valence-corrected chi connectivity index (χ3v) is 6.61. The summed E-state index contributed by atoms with van der Waals surface area (Å²) in [4.78, 5) is 27.0. The number of aryl methyl sites for hydroxylation is 1. The van der Waals surface area contributed by atoms with Gasteiger partial charge in [-0.3, -0.25) is 4.79 Å². The third kappa shape index (κ3) is 4.34. The van der Waals surface area contributed by atoms with Crippen molar-refractivity contribution < 1.29 is 14.3 Å². The zero-order chi connectivity index (χ0) is 23.7. The van der Waals surface area contributed by atoms with Crippen LogP contribution < -0.4 is 0 Å². The largest absolute Gasteiger partial charge is 0.453 e. The van der Waals surface area contributed by atoms with Crippen molar-refractivity contribution in [2.24, 2.45) is 0 Å². The highest BCUT2D eigenvalue weighted by Gasteiger charge is 2.29. The van der Waals surface area contributed by atoms with Gasteiger partial charge in [0.05, 0.1) is 0 Å². The van der Waals surface area contributed by atoms with Gasteiger partial charge in [-0.1, -0.05) is 36.4 Å². The van der Waals surface area contributed by atoms with Crippen LogP contribution in [0.3, 0.4) is 0 Å². The van der Waals surface area contributed by atoms with Gasteiger partial charge in [0.25, 0.3) is 0 Å². The number of ether oxygens (including phenoxy) is 1. The summed E-state index contributed by atoms with van der Waals surface area (Å²) in [6.07, 6.45) is 3.93. The fraction of sp³-hybridized carbons (Fsp3) is 0.240. The Morgan fingerprint density at radius 3 is 2.65 bits per heavy atom. The van der Waals surface area contributed by atoms with E-state index in [1.165, 1.54) is 16.0 Å². The number of esters is 1. The zero-order valence-corrected chi connectivity index (χ0v) is 19.7. The fourth-order valence-corrected chi connectivity index (χ4v) is 4.72. The predicted molar refractivity (Wildman–Crippen MR) is 129 cm³/mol. The first-order valence-electron chi connectivity index (χ1n) is 11.0. The number of ketones is 1. The molecule has 1 aliphatic carbocycles. The molecule has 8 nitrogen and oxygen atoms in total. The monoisotopic (exact) mass is 473 g/mol. The molecule has 0 aliphatic heterocycles. The smallest absolute Gasteiger partial charge is 0.357 e. The van der Waals surface area contributed by atoms with Crippen LogP contribution in [0.5, 0.6) is 0 Å². The number of Topliss-reactive ketones (excluding diaryl/α,β-unsaturated/α-hetero) is 1. The summed E-state index contributed by atoms with van der Waals surface area (Å²) >= 11 is 1.47. The number of aromatic nitrogens is 5. The molecule has 0 spiro atoms. The van der Waals surface area contributed by atoms with E-state index in [4.69, 9.17) is 4.74 Å². The Balaban J connectivity index is 1.40. The van der Waals surface area contributed by atoms with Crippen molar-refractivity contribution in [3.8, 4) is 11.4 Å². The van der Waals surface area contributed by atoms with Gasteiger partial charge in [-0.05, 0) is 60.7 Å². The van der Waals surface area contributed by atoms with E-state index in [0.717, 1.165) is 34.7 Å².